The first kappa shape index (κ1) is 13.2. The van der Waals surface area contributed by atoms with Crippen LogP contribution in [0.4, 0.5) is 0 Å². The lowest BCUT2D eigenvalue weighted by atomic mass is 10.1. The van der Waals surface area contributed by atoms with Gasteiger partial charge in [0.15, 0.2) is 0 Å². The fourth-order valence-corrected chi connectivity index (χ4v) is 2.33. The predicted octanol–water partition coefficient (Wildman–Crippen LogP) is 1.06. The van der Waals surface area contributed by atoms with Crippen LogP contribution in [-0.4, -0.2) is 47.4 Å². The fraction of sp³-hybridized carbons (Fsp3) is 0.692. The highest BCUT2D eigenvalue weighted by molar-refractivity contribution is 5.11. The van der Waals surface area contributed by atoms with E-state index in [1.165, 1.54) is 6.42 Å². The van der Waals surface area contributed by atoms with E-state index < -0.39 is 0 Å². The summed E-state index contributed by atoms with van der Waals surface area (Å²) in [5.41, 5.74) is 1.16. The molecule has 5 heteroatoms. The Balaban J connectivity index is 1.98. The molecule has 0 saturated carbocycles. The number of aromatic nitrogens is 2. The molecule has 2 rings (SSSR count). The van der Waals surface area contributed by atoms with Crippen LogP contribution >= 0.6 is 0 Å². The smallest absolute Gasteiger partial charge is 0.233 e. The summed E-state index contributed by atoms with van der Waals surface area (Å²) in [5.74, 6) is 0.566. The molecule has 0 aliphatic carbocycles. The number of nitrogens with one attached hydrogen (secondary N) is 1. The number of ether oxygens (including phenoxy) is 1. The number of rotatable bonds is 3. The Bertz CT molecular complexity index is 377. The molecule has 0 aromatic carbocycles. The second-order valence-corrected chi connectivity index (χ2v) is 5.44. The van der Waals surface area contributed by atoms with E-state index in [4.69, 9.17) is 4.74 Å². The maximum absolute atomic E-state index is 5.02. The predicted molar refractivity (Wildman–Crippen MR) is 70.6 cm³/mol. The van der Waals surface area contributed by atoms with Gasteiger partial charge in [-0.05, 0) is 39.4 Å². The molecular formula is C13H22N4O. The summed E-state index contributed by atoms with van der Waals surface area (Å²) in [6.07, 6.45) is 1.17. The molecule has 1 saturated heterocycles. The van der Waals surface area contributed by atoms with Gasteiger partial charge in [-0.2, -0.15) is 5.10 Å². The normalized spacial score (nSPS) is 20.4. The largest absolute Gasteiger partial charge is 0.480 e. The standard InChI is InChI=1S/C13H22N4O/c1-13(2)10-17(8-4-7-14-13)9-11-5-6-12(18-3)16-15-11/h5-6,14H,4,7-10H2,1-3H3. The van der Waals surface area contributed by atoms with E-state index in [2.05, 4.69) is 34.3 Å². The van der Waals surface area contributed by atoms with Gasteiger partial charge in [0.2, 0.25) is 5.88 Å². The summed E-state index contributed by atoms with van der Waals surface area (Å²) in [7, 11) is 1.60. The van der Waals surface area contributed by atoms with Crippen molar-refractivity contribution >= 4 is 0 Å². The maximum atomic E-state index is 5.02. The third-order valence-electron chi connectivity index (χ3n) is 3.16. The van der Waals surface area contributed by atoms with Gasteiger partial charge in [0.1, 0.15) is 0 Å². The van der Waals surface area contributed by atoms with Gasteiger partial charge in [-0.25, -0.2) is 0 Å². The van der Waals surface area contributed by atoms with Crippen molar-refractivity contribution in [2.45, 2.75) is 32.4 Å². The highest BCUT2D eigenvalue weighted by Gasteiger charge is 2.24. The molecule has 2 heterocycles. The Kier molecular flexibility index (Phi) is 4.14. The average molecular weight is 250 g/mol. The minimum atomic E-state index is 0.163. The topological polar surface area (TPSA) is 50.3 Å². The monoisotopic (exact) mass is 250 g/mol. The molecule has 0 unspecified atom stereocenters. The number of nitrogens with zero attached hydrogens (tertiary/aromatic N) is 3. The van der Waals surface area contributed by atoms with Crippen molar-refractivity contribution < 1.29 is 4.74 Å². The van der Waals surface area contributed by atoms with Crippen molar-refractivity contribution in [2.75, 3.05) is 26.7 Å². The van der Waals surface area contributed by atoms with E-state index in [0.717, 1.165) is 31.9 Å². The highest BCUT2D eigenvalue weighted by atomic mass is 16.5. The van der Waals surface area contributed by atoms with Gasteiger partial charge >= 0.3 is 0 Å². The molecule has 0 bridgehead atoms. The summed E-state index contributed by atoms with van der Waals surface area (Å²) in [6.45, 7) is 8.54. The molecule has 1 aromatic rings. The van der Waals surface area contributed by atoms with Crippen molar-refractivity contribution in [1.29, 1.82) is 0 Å². The van der Waals surface area contributed by atoms with Gasteiger partial charge in [0.05, 0.1) is 12.8 Å². The second-order valence-electron chi connectivity index (χ2n) is 5.44. The van der Waals surface area contributed by atoms with E-state index in [-0.39, 0.29) is 5.54 Å². The molecule has 0 amide bonds. The molecule has 1 aromatic heterocycles. The molecule has 1 aliphatic rings. The molecule has 0 atom stereocenters. The van der Waals surface area contributed by atoms with Crippen LogP contribution in [0.2, 0.25) is 0 Å². The number of hydrogen-bond acceptors (Lipinski definition) is 5. The minimum Gasteiger partial charge on any atom is -0.480 e. The van der Waals surface area contributed by atoms with Gasteiger partial charge in [-0.15, -0.1) is 5.10 Å². The Hall–Kier alpha value is -1.20. The summed E-state index contributed by atoms with van der Waals surface area (Å²) in [5, 5.41) is 11.8. The van der Waals surface area contributed by atoms with Crippen LogP contribution in [0.5, 0.6) is 5.88 Å². The van der Waals surface area contributed by atoms with Gasteiger partial charge in [0.25, 0.3) is 0 Å². The zero-order valence-corrected chi connectivity index (χ0v) is 11.4. The molecule has 5 nitrogen and oxygen atoms in total. The molecule has 18 heavy (non-hydrogen) atoms. The third kappa shape index (κ3) is 3.65. The van der Waals surface area contributed by atoms with Crippen LogP contribution in [0.25, 0.3) is 0 Å². The SMILES string of the molecule is COc1ccc(CN2CCCNC(C)(C)C2)nn1. The third-order valence-corrected chi connectivity index (χ3v) is 3.16. The number of methoxy groups -OCH3 is 1. The Morgan fingerprint density at radius 2 is 2.22 bits per heavy atom. The fourth-order valence-electron chi connectivity index (χ4n) is 2.33. The zero-order chi connectivity index (χ0) is 13.0. The van der Waals surface area contributed by atoms with Crippen molar-refractivity contribution in [3.63, 3.8) is 0 Å². The van der Waals surface area contributed by atoms with E-state index in [0.29, 0.717) is 5.88 Å². The van der Waals surface area contributed by atoms with Crippen LogP contribution in [-0.2, 0) is 6.54 Å². The first-order chi connectivity index (χ1) is 8.59. The minimum absolute atomic E-state index is 0.163. The van der Waals surface area contributed by atoms with Crippen LogP contribution in [0.3, 0.4) is 0 Å². The second kappa shape index (κ2) is 5.63. The van der Waals surface area contributed by atoms with E-state index in [1.807, 2.05) is 12.1 Å². The van der Waals surface area contributed by atoms with Gasteiger partial charge in [-0.1, -0.05) is 0 Å². The van der Waals surface area contributed by atoms with Crippen LogP contribution < -0.4 is 10.1 Å². The Morgan fingerprint density at radius 3 is 2.89 bits per heavy atom. The van der Waals surface area contributed by atoms with Crippen molar-refractivity contribution in [1.82, 2.24) is 20.4 Å². The molecule has 0 radical (unpaired) electrons. The van der Waals surface area contributed by atoms with Crippen molar-refractivity contribution in [3.8, 4) is 5.88 Å². The Morgan fingerprint density at radius 1 is 1.39 bits per heavy atom. The summed E-state index contributed by atoms with van der Waals surface area (Å²) >= 11 is 0. The van der Waals surface area contributed by atoms with Gasteiger partial charge in [-0.3, -0.25) is 4.90 Å². The molecule has 1 N–H and O–H groups in total. The van der Waals surface area contributed by atoms with Crippen LogP contribution in [0, 0.1) is 0 Å². The summed E-state index contributed by atoms with van der Waals surface area (Å²) in [4.78, 5) is 2.43. The summed E-state index contributed by atoms with van der Waals surface area (Å²) < 4.78 is 5.02. The maximum Gasteiger partial charge on any atom is 0.233 e. The Labute approximate surface area is 109 Å². The van der Waals surface area contributed by atoms with Crippen LogP contribution in [0.15, 0.2) is 12.1 Å². The number of hydrogen-bond donors (Lipinski definition) is 1. The lowest BCUT2D eigenvalue weighted by Gasteiger charge is -2.29. The molecule has 100 valence electrons. The average Bonchev–Trinajstić information content (AvgIpc) is 2.51. The highest BCUT2D eigenvalue weighted by Crippen LogP contribution is 2.13. The molecule has 1 aliphatic heterocycles. The van der Waals surface area contributed by atoms with Crippen LogP contribution in [0.1, 0.15) is 26.0 Å². The lowest BCUT2D eigenvalue weighted by Crippen LogP contribution is -2.46. The first-order valence-electron chi connectivity index (χ1n) is 6.43. The molecular weight excluding hydrogens is 228 g/mol. The molecule has 0 spiro atoms. The zero-order valence-electron chi connectivity index (χ0n) is 11.4. The molecule has 1 fully saturated rings. The first-order valence-corrected chi connectivity index (χ1v) is 6.43. The van der Waals surface area contributed by atoms with Gasteiger partial charge in [0, 0.05) is 24.7 Å². The quantitative estimate of drug-likeness (QED) is 0.869. The van der Waals surface area contributed by atoms with Gasteiger partial charge < -0.3 is 10.1 Å². The summed E-state index contributed by atoms with van der Waals surface area (Å²) in [6, 6.07) is 3.85. The van der Waals surface area contributed by atoms with E-state index >= 15 is 0 Å². The van der Waals surface area contributed by atoms with E-state index in [1.54, 1.807) is 7.11 Å². The van der Waals surface area contributed by atoms with Crippen molar-refractivity contribution in [3.05, 3.63) is 17.8 Å². The van der Waals surface area contributed by atoms with E-state index in [9.17, 15) is 0 Å². The van der Waals surface area contributed by atoms with Crippen molar-refractivity contribution in [2.24, 2.45) is 0 Å². The lowest BCUT2D eigenvalue weighted by molar-refractivity contribution is 0.221.